The zero-order chi connectivity index (χ0) is 15.5. The lowest BCUT2D eigenvalue weighted by atomic mass is 9.92. The van der Waals surface area contributed by atoms with Gasteiger partial charge in [0.15, 0.2) is 0 Å². The highest BCUT2D eigenvalue weighted by molar-refractivity contribution is 5.89. The molecule has 1 heterocycles. The second kappa shape index (κ2) is 6.26. The maximum Gasteiger partial charge on any atom is 0.329 e. The van der Waals surface area contributed by atoms with Crippen LogP contribution in [0.5, 0.6) is 0 Å². The van der Waals surface area contributed by atoms with Crippen LogP contribution in [0.1, 0.15) is 37.8 Å². The van der Waals surface area contributed by atoms with E-state index in [1.807, 2.05) is 31.2 Å². The fraction of sp³-hybridized carbons (Fsp3) is 0.500. The second-order valence-electron chi connectivity index (χ2n) is 5.78. The van der Waals surface area contributed by atoms with E-state index in [-0.39, 0.29) is 11.9 Å². The Morgan fingerprint density at radius 1 is 1.38 bits per heavy atom. The van der Waals surface area contributed by atoms with E-state index in [4.69, 9.17) is 0 Å². The number of carbonyl (C=O) groups excluding carboxylic acids is 1. The van der Waals surface area contributed by atoms with Crippen molar-refractivity contribution in [1.82, 2.24) is 10.6 Å². The van der Waals surface area contributed by atoms with Gasteiger partial charge in [-0.05, 0) is 30.9 Å². The van der Waals surface area contributed by atoms with Crippen LogP contribution in [0.15, 0.2) is 24.3 Å². The molecule has 1 aromatic rings. The number of amides is 1. The zero-order valence-electron chi connectivity index (χ0n) is 12.5. The van der Waals surface area contributed by atoms with Gasteiger partial charge in [0.05, 0.1) is 6.04 Å². The minimum absolute atomic E-state index is 0.247. The van der Waals surface area contributed by atoms with Crippen LogP contribution in [-0.4, -0.2) is 28.6 Å². The van der Waals surface area contributed by atoms with Crippen molar-refractivity contribution in [1.29, 1.82) is 0 Å². The van der Waals surface area contributed by atoms with Crippen LogP contribution in [0.3, 0.4) is 0 Å². The summed E-state index contributed by atoms with van der Waals surface area (Å²) in [7, 11) is 0. The third kappa shape index (κ3) is 3.42. The minimum Gasteiger partial charge on any atom is -0.480 e. The van der Waals surface area contributed by atoms with Crippen LogP contribution < -0.4 is 10.6 Å². The molecule has 114 valence electrons. The number of carboxylic acids is 1. The molecule has 0 saturated carbocycles. The van der Waals surface area contributed by atoms with Crippen molar-refractivity contribution >= 4 is 11.9 Å². The van der Waals surface area contributed by atoms with Gasteiger partial charge in [0.2, 0.25) is 5.91 Å². The predicted molar refractivity (Wildman–Crippen MR) is 79.9 cm³/mol. The normalized spacial score (nSPS) is 20.2. The van der Waals surface area contributed by atoms with E-state index in [0.717, 1.165) is 5.56 Å². The molecular weight excluding hydrogens is 268 g/mol. The number of hydrogen-bond acceptors (Lipinski definition) is 3. The van der Waals surface area contributed by atoms with E-state index in [0.29, 0.717) is 25.8 Å². The van der Waals surface area contributed by atoms with Crippen molar-refractivity contribution < 1.29 is 14.7 Å². The Balaban J connectivity index is 2.06. The maximum absolute atomic E-state index is 12.4. The molecule has 0 aliphatic carbocycles. The van der Waals surface area contributed by atoms with Crippen LogP contribution >= 0.6 is 0 Å². The van der Waals surface area contributed by atoms with Gasteiger partial charge in [-0.2, -0.15) is 0 Å². The summed E-state index contributed by atoms with van der Waals surface area (Å²) < 4.78 is 0. The highest BCUT2D eigenvalue weighted by atomic mass is 16.4. The molecule has 3 N–H and O–H groups in total. The Hall–Kier alpha value is -1.88. The Morgan fingerprint density at radius 3 is 2.67 bits per heavy atom. The lowest BCUT2D eigenvalue weighted by molar-refractivity contribution is -0.147. The van der Waals surface area contributed by atoms with Crippen LogP contribution in [0.2, 0.25) is 0 Å². The van der Waals surface area contributed by atoms with Gasteiger partial charge < -0.3 is 15.7 Å². The Morgan fingerprint density at radius 2 is 2.05 bits per heavy atom. The molecule has 5 nitrogen and oxygen atoms in total. The fourth-order valence-electron chi connectivity index (χ4n) is 2.72. The molecule has 0 bridgehead atoms. The quantitative estimate of drug-likeness (QED) is 0.767. The van der Waals surface area contributed by atoms with Gasteiger partial charge in [0, 0.05) is 6.54 Å². The van der Waals surface area contributed by atoms with Crippen molar-refractivity contribution in [2.45, 2.75) is 51.2 Å². The summed E-state index contributed by atoms with van der Waals surface area (Å²) in [6, 6.07) is 7.60. The molecule has 1 aromatic carbocycles. The average molecular weight is 290 g/mol. The molecule has 21 heavy (non-hydrogen) atoms. The highest BCUT2D eigenvalue weighted by Crippen LogP contribution is 2.18. The van der Waals surface area contributed by atoms with Gasteiger partial charge in [-0.25, -0.2) is 4.79 Å². The summed E-state index contributed by atoms with van der Waals surface area (Å²) in [5.74, 6) is -1.24. The SMILES string of the molecule is CCCC(C)(NC(=O)C1Cc2ccccc2CN1)C(=O)O. The smallest absolute Gasteiger partial charge is 0.329 e. The Kier molecular flexibility index (Phi) is 4.63. The Labute approximate surface area is 124 Å². The van der Waals surface area contributed by atoms with Crippen molar-refractivity contribution in [2.24, 2.45) is 0 Å². The molecule has 5 heteroatoms. The van der Waals surface area contributed by atoms with Crippen LogP contribution in [0, 0.1) is 0 Å². The van der Waals surface area contributed by atoms with E-state index in [2.05, 4.69) is 10.6 Å². The summed E-state index contributed by atoms with van der Waals surface area (Å²) in [5.41, 5.74) is 1.13. The van der Waals surface area contributed by atoms with Crippen molar-refractivity contribution in [3.63, 3.8) is 0 Å². The third-order valence-corrected chi connectivity index (χ3v) is 4.02. The first kappa shape index (κ1) is 15.5. The molecule has 2 atom stereocenters. The first-order chi connectivity index (χ1) is 9.96. The minimum atomic E-state index is -1.20. The number of benzene rings is 1. The van der Waals surface area contributed by atoms with Gasteiger partial charge in [0.25, 0.3) is 0 Å². The first-order valence-corrected chi connectivity index (χ1v) is 7.32. The van der Waals surface area contributed by atoms with E-state index in [9.17, 15) is 14.7 Å². The monoisotopic (exact) mass is 290 g/mol. The first-order valence-electron chi connectivity index (χ1n) is 7.32. The second-order valence-corrected chi connectivity index (χ2v) is 5.78. The maximum atomic E-state index is 12.4. The lowest BCUT2D eigenvalue weighted by Crippen LogP contribution is -2.58. The molecule has 0 saturated heterocycles. The number of carboxylic acid groups (broad SMARTS) is 1. The van der Waals surface area contributed by atoms with Crippen LogP contribution in [0.25, 0.3) is 0 Å². The van der Waals surface area contributed by atoms with Gasteiger partial charge in [-0.3, -0.25) is 4.79 Å². The van der Waals surface area contributed by atoms with Gasteiger partial charge in [-0.1, -0.05) is 37.6 Å². The molecule has 2 unspecified atom stereocenters. The standard InChI is InChI=1S/C16H22N2O3/c1-3-8-16(2,15(20)21)18-14(19)13-9-11-6-4-5-7-12(11)10-17-13/h4-7,13,17H,3,8-10H2,1-2H3,(H,18,19)(H,20,21). The molecular formula is C16H22N2O3. The van der Waals surface area contributed by atoms with E-state index < -0.39 is 11.5 Å². The number of carbonyl (C=O) groups is 2. The van der Waals surface area contributed by atoms with Gasteiger partial charge in [0.1, 0.15) is 5.54 Å². The van der Waals surface area contributed by atoms with E-state index in [1.165, 1.54) is 5.56 Å². The topological polar surface area (TPSA) is 78.4 Å². The Bertz CT molecular complexity index is 544. The number of hydrogen-bond donors (Lipinski definition) is 3. The van der Waals surface area contributed by atoms with E-state index >= 15 is 0 Å². The molecule has 1 aliphatic rings. The van der Waals surface area contributed by atoms with Gasteiger partial charge >= 0.3 is 5.97 Å². The summed E-state index contributed by atoms with van der Waals surface area (Å²) in [4.78, 5) is 23.8. The largest absolute Gasteiger partial charge is 0.480 e. The van der Waals surface area contributed by atoms with Crippen molar-refractivity contribution in [2.75, 3.05) is 0 Å². The molecule has 0 aromatic heterocycles. The summed E-state index contributed by atoms with van der Waals surface area (Å²) in [5, 5.41) is 15.2. The number of fused-ring (bicyclic) bond motifs is 1. The molecule has 1 aliphatic heterocycles. The van der Waals surface area contributed by atoms with Crippen LogP contribution in [-0.2, 0) is 22.6 Å². The van der Waals surface area contributed by atoms with Gasteiger partial charge in [-0.15, -0.1) is 0 Å². The number of nitrogens with one attached hydrogen (secondary N) is 2. The summed E-state index contributed by atoms with van der Waals surface area (Å²) in [6.07, 6.45) is 1.70. The number of aliphatic carboxylic acids is 1. The molecule has 1 amide bonds. The molecule has 0 spiro atoms. The fourth-order valence-corrected chi connectivity index (χ4v) is 2.72. The zero-order valence-corrected chi connectivity index (χ0v) is 12.5. The average Bonchev–Trinajstić information content (AvgIpc) is 2.46. The molecule has 2 rings (SSSR count). The van der Waals surface area contributed by atoms with Crippen molar-refractivity contribution in [3.8, 4) is 0 Å². The number of rotatable bonds is 5. The van der Waals surface area contributed by atoms with Crippen LogP contribution in [0.4, 0.5) is 0 Å². The molecule has 0 fully saturated rings. The van der Waals surface area contributed by atoms with Crippen molar-refractivity contribution in [3.05, 3.63) is 35.4 Å². The van der Waals surface area contributed by atoms with E-state index in [1.54, 1.807) is 6.92 Å². The summed E-state index contributed by atoms with van der Waals surface area (Å²) in [6.45, 7) is 4.10. The predicted octanol–water partition coefficient (Wildman–Crippen LogP) is 1.46. The lowest BCUT2D eigenvalue weighted by Gasteiger charge is -2.31. The highest BCUT2D eigenvalue weighted by Gasteiger charge is 2.36. The molecule has 0 radical (unpaired) electrons. The third-order valence-electron chi connectivity index (χ3n) is 4.02. The summed E-state index contributed by atoms with van der Waals surface area (Å²) >= 11 is 0.